The Balaban J connectivity index is 2.92. The molecule has 1 aromatic rings. The lowest BCUT2D eigenvalue weighted by atomic mass is 10.1. The molecule has 0 saturated heterocycles. The first kappa shape index (κ1) is 12.7. The molecule has 2 N–H and O–H groups in total. The van der Waals surface area contributed by atoms with E-state index in [4.69, 9.17) is 5.73 Å². The molecule has 0 heterocycles. The molecule has 1 aromatic carbocycles. The lowest BCUT2D eigenvalue weighted by molar-refractivity contribution is -0.275. The molecule has 0 bridgehead atoms. The van der Waals surface area contributed by atoms with Crippen molar-refractivity contribution in [2.24, 2.45) is 5.73 Å². The van der Waals surface area contributed by atoms with Crippen LogP contribution in [0.5, 0.6) is 5.75 Å². The van der Waals surface area contributed by atoms with E-state index in [2.05, 4.69) is 4.74 Å². The quantitative estimate of drug-likeness (QED) is 0.826. The van der Waals surface area contributed by atoms with Crippen molar-refractivity contribution in [3.8, 4) is 5.75 Å². The first-order valence-corrected chi connectivity index (χ1v) is 4.20. The van der Waals surface area contributed by atoms with Crippen molar-refractivity contribution >= 4 is 0 Å². The second kappa shape index (κ2) is 4.65. The minimum atomic E-state index is -4.97. The maximum absolute atomic E-state index is 13.1. The largest absolute Gasteiger partial charge is 0.573 e. The van der Waals surface area contributed by atoms with Gasteiger partial charge in [-0.1, -0.05) is 6.07 Å². The third-order valence-electron chi connectivity index (χ3n) is 1.78. The zero-order valence-electron chi connectivity index (χ0n) is 7.89. The number of alkyl halides is 4. The minimum absolute atomic E-state index is 0.0644. The lowest BCUT2D eigenvalue weighted by Crippen LogP contribution is -2.18. The first-order chi connectivity index (χ1) is 7.33. The van der Waals surface area contributed by atoms with Gasteiger partial charge in [0.15, 0.2) is 11.6 Å². The van der Waals surface area contributed by atoms with E-state index < -0.39 is 30.6 Å². The Hall–Kier alpha value is -1.37. The Morgan fingerprint density at radius 1 is 1.31 bits per heavy atom. The van der Waals surface area contributed by atoms with Gasteiger partial charge < -0.3 is 10.5 Å². The van der Waals surface area contributed by atoms with Crippen molar-refractivity contribution in [3.05, 3.63) is 29.6 Å². The van der Waals surface area contributed by atoms with Crippen LogP contribution in [0.4, 0.5) is 22.0 Å². The van der Waals surface area contributed by atoms with Crippen molar-refractivity contribution in [3.63, 3.8) is 0 Å². The Labute approximate surface area is 87.8 Å². The van der Waals surface area contributed by atoms with Gasteiger partial charge in [-0.25, -0.2) is 8.78 Å². The van der Waals surface area contributed by atoms with Gasteiger partial charge in [-0.2, -0.15) is 0 Å². The van der Waals surface area contributed by atoms with Crippen molar-refractivity contribution in [1.29, 1.82) is 0 Å². The predicted molar refractivity (Wildman–Crippen MR) is 46.0 cm³/mol. The number of nitrogens with two attached hydrogens (primary N) is 1. The molecule has 0 saturated carbocycles. The summed E-state index contributed by atoms with van der Waals surface area (Å²) in [6.45, 7) is -0.932. The Bertz CT molecular complexity index is 365. The summed E-state index contributed by atoms with van der Waals surface area (Å²) in [5.41, 5.74) is 5.30. The first-order valence-electron chi connectivity index (χ1n) is 4.20. The summed E-state index contributed by atoms with van der Waals surface area (Å²) in [6.07, 6.45) is -4.97. The van der Waals surface area contributed by atoms with Gasteiger partial charge in [0, 0.05) is 0 Å². The fourth-order valence-electron chi connectivity index (χ4n) is 1.04. The van der Waals surface area contributed by atoms with Crippen molar-refractivity contribution in [2.75, 3.05) is 6.67 Å². The molecular formula is C9H8F5NO. The van der Waals surface area contributed by atoms with Crippen LogP contribution in [0.15, 0.2) is 18.2 Å². The molecule has 0 fully saturated rings. The highest BCUT2D eigenvalue weighted by Crippen LogP contribution is 2.27. The summed E-state index contributed by atoms with van der Waals surface area (Å²) >= 11 is 0. The zero-order valence-corrected chi connectivity index (χ0v) is 7.89. The summed E-state index contributed by atoms with van der Waals surface area (Å²) in [5, 5.41) is 0. The van der Waals surface area contributed by atoms with Crippen LogP contribution in [-0.4, -0.2) is 13.0 Å². The number of rotatable bonds is 3. The van der Waals surface area contributed by atoms with E-state index in [0.29, 0.717) is 6.07 Å². The van der Waals surface area contributed by atoms with Crippen LogP contribution < -0.4 is 10.5 Å². The molecule has 0 aliphatic rings. The highest BCUT2D eigenvalue weighted by Gasteiger charge is 2.32. The normalized spacial score (nSPS) is 13.6. The van der Waals surface area contributed by atoms with Gasteiger partial charge in [-0.05, 0) is 17.7 Å². The highest BCUT2D eigenvalue weighted by atomic mass is 19.4. The molecule has 1 rings (SSSR count). The van der Waals surface area contributed by atoms with Crippen LogP contribution in [-0.2, 0) is 0 Å². The van der Waals surface area contributed by atoms with Crippen LogP contribution in [0.1, 0.15) is 11.6 Å². The van der Waals surface area contributed by atoms with Gasteiger partial charge in [0.25, 0.3) is 0 Å². The van der Waals surface area contributed by atoms with Crippen molar-refractivity contribution in [2.45, 2.75) is 12.4 Å². The summed E-state index contributed by atoms with van der Waals surface area (Å²) in [4.78, 5) is 0. The molecule has 0 unspecified atom stereocenters. The average molecular weight is 241 g/mol. The van der Waals surface area contributed by atoms with E-state index in [9.17, 15) is 22.0 Å². The molecule has 0 aromatic heterocycles. The molecule has 2 nitrogen and oxygen atoms in total. The van der Waals surface area contributed by atoms with Crippen molar-refractivity contribution in [1.82, 2.24) is 0 Å². The third kappa shape index (κ3) is 3.34. The molecule has 0 amide bonds. The Morgan fingerprint density at radius 3 is 2.38 bits per heavy atom. The second-order valence-electron chi connectivity index (χ2n) is 3.00. The summed E-state index contributed by atoms with van der Waals surface area (Å²) in [7, 11) is 0. The predicted octanol–water partition coefficient (Wildman–Crippen LogP) is 2.69. The molecule has 16 heavy (non-hydrogen) atoms. The van der Waals surface area contributed by atoms with Crippen molar-refractivity contribution < 1.29 is 26.7 Å². The lowest BCUT2D eigenvalue weighted by Gasteiger charge is -2.12. The minimum Gasteiger partial charge on any atom is -0.403 e. The zero-order chi connectivity index (χ0) is 12.3. The SMILES string of the molecule is N[C@H](CF)c1ccc(OC(F)(F)F)c(F)c1. The monoisotopic (exact) mass is 241 g/mol. The summed E-state index contributed by atoms with van der Waals surface area (Å²) < 4.78 is 63.9. The molecule has 0 aliphatic carbocycles. The van der Waals surface area contributed by atoms with Crippen LogP contribution in [0.3, 0.4) is 0 Å². The number of ether oxygens (including phenoxy) is 1. The van der Waals surface area contributed by atoms with E-state index in [1.165, 1.54) is 0 Å². The highest BCUT2D eigenvalue weighted by molar-refractivity contribution is 5.31. The number of benzene rings is 1. The summed E-state index contributed by atoms with van der Waals surface area (Å²) in [5.74, 6) is -2.21. The van der Waals surface area contributed by atoms with Crippen LogP contribution in [0.25, 0.3) is 0 Å². The fourth-order valence-corrected chi connectivity index (χ4v) is 1.04. The Morgan fingerprint density at radius 2 is 1.94 bits per heavy atom. The molecular weight excluding hydrogens is 233 g/mol. The van der Waals surface area contributed by atoms with Gasteiger partial charge in [-0.15, -0.1) is 13.2 Å². The van der Waals surface area contributed by atoms with Crippen LogP contribution >= 0.6 is 0 Å². The topological polar surface area (TPSA) is 35.2 Å². The maximum atomic E-state index is 13.1. The van der Waals surface area contributed by atoms with Crippen LogP contribution in [0, 0.1) is 5.82 Å². The third-order valence-corrected chi connectivity index (χ3v) is 1.78. The Kier molecular flexibility index (Phi) is 3.69. The summed E-state index contributed by atoms with van der Waals surface area (Å²) in [6, 6.07) is 1.49. The van der Waals surface area contributed by atoms with Gasteiger partial charge in [0.1, 0.15) is 6.67 Å². The van der Waals surface area contributed by atoms with E-state index in [0.717, 1.165) is 12.1 Å². The smallest absolute Gasteiger partial charge is 0.403 e. The average Bonchev–Trinajstić information content (AvgIpc) is 2.18. The van der Waals surface area contributed by atoms with Crippen LogP contribution in [0.2, 0.25) is 0 Å². The van der Waals surface area contributed by atoms with E-state index in [1.807, 2.05) is 0 Å². The second-order valence-corrected chi connectivity index (χ2v) is 3.00. The maximum Gasteiger partial charge on any atom is 0.573 e. The van der Waals surface area contributed by atoms with Gasteiger partial charge >= 0.3 is 6.36 Å². The fraction of sp³-hybridized carbons (Fsp3) is 0.333. The number of halogens is 5. The van der Waals surface area contributed by atoms with E-state index in [-0.39, 0.29) is 5.56 Å². The number of hydrogen-bond acceptors (Lipinski definition) is 2. The molecule has 90 valence electrons. The molecule has 0 spiro atoms. The molecule has 0 radical (unpaired) electrons. The number of hydrogen-bond donors (Lipinski definition) is 1. The molecule has 1 atom stereocenters. The molecule has 7 heteroatoms. The van der Waals surface area contributed by atoms with Gasteiger partial charge in [0.2, 0.25) is 0 Å². The standard InChI is InChI=1S/C9H8F5NO/c10-4-7(15)5-1-2-8(6(11)3-5)16-9(12,13)14/h1-3,7H,4,15H2/t7-/m1/s1. The van der Waals surface area contributed by atoms with Gasteiger partial charge in [0.05, 0.1) is 6.04 Å². The van der Waals surface area contributed by atoms with E-state index >= 15 is 0 Å². The molecule has 0 aliphatic heterocycles. The van der Waals surface area contributed by atoms with E-state index in [1.54, 1.807) is 0 Å². The van der Waals surface area contributed by atoms with Gasteiger partial charge in [-0.3, -0.25) is 0 Å².